The first-order chi connectivity index (χ1) is 15.0. The molecular weight excluding hydrogens is 475 g/mol. The first-order valence-electron chi connectivity index (χ1n) is 10.6. The largest absolute Gasteiger partial charge is 1.00 e. The van der Waals surface area contributed by atoms with Gasteiger partial charge in [-0.15, -0.1) is 0 Å². The van der Waals surface area contributed by atoms with Crippen LogP contribution in [0.4, 0.5) is 0 Å². The third-order valence-corrected chi connectivity index (χ3v) is 5.88. The van der Waals surface area contributed by atoms with Crippen molar-refractivity contribution in [3.05, 3.63) is 0 Å². The highest BCUT2D eigenvalue weighted by Crippen LogP contribution is 2.66. The Labute approximate surface area is 215 Å². The van der Waals surface area contributed by atoms with Crippen molar-refractivity contribution in [1.29, 1.82) is 0 Å². The number of hydrogen-bond acceptors (Lipinski definition) is 4. The van der Waals surface area contributed by atoms with E-state index in [0.29, 0.717) is 0 Å². The van der Waals surface area contributed by atoms with Crippen LogP contribution >= 0.6 is 7.87 Å². The van der Waals surface area contributed by atoms with Crippen LogP contribution in [0.5, 0.6) is 0 Å². The molecule has 0 N–H and O–H groups in total. The van der Waals surface area contributed by atoms with Crippen LogP contribution in [-0.4, -0.2) is 176 Å². The van der Waals surface area contributed by atoms with Crippen LogP contribution in [0.25, 0.3) is 0 Å². The van der Waals surface area contributed by atoms with Crippen LogP contribution in [-0.2, 0) is 0 Å². The molecule has 0 radical (unpaired) electrons. The maximum atomic E-state index is 5.18. The topological polar surface area (TPSA) is 75.4 Å². The van der Waals surface area contributed by atoms with Crippen molar-refractivity contribution in [2.45, 2.75) is 0 Å². The summed E-state index contributed by atoms with van der Waals surface area (Å²) in [7, 11) is 28.2. The third-order valence-electron chi connectivity index (χ3n) is 4.09. The third kappa shape index (κ3) is 9.97. The number of rotatable bonds is 4. The van der Waals surface area contributed by atoms with Gasteiger partial charge in [0.05, 0.1) is 0 Å². The summed E-state index contributed by atoms with van der Waals surface area (Å²) in [5.74, 6) is 2.91. The molecule has 0 aromatic heterocycles. The van der Waals surface area contributed by atoms with Gasteiger partial charge >= 0.3 is 7.87 Å². The van der Waals surface area contributed by atoms with Crippen molar-refractivity contribution >= 4 is 31.7 Å². The first kappa shape index (κ1) is 34.0. The van der Waals surface area contributed by atoms with Crippen molar-refractivity contribution in [2.75, 3.05) is 113 Å². The van der Waals surface area contributed by atoms with Gasteiger partial charge in [0.1, 0.15) is 0 Å². The zero-order chi connectivity index (χ0) is 26.3. The molecule has 0 saturated carbocycles. The minimum atomic E-state index is -3.13. The molecule has 0 aromatic rings. The molecule has 0 spiro atoms. The lowest BCUT2D eigenvalue weighted by Crippen LogP contribution is -3.00. The van der Waals surface area contributed by atoms with Crippen molar-refractivity contribution in [2.24, 2.45) is 19.1 Å². The summed E-state index contributed by atoms with van der Waals surface area (Å²) in [4.78, 5) is 15.6. The highest BCUT2D eigenvalue weighted by Gasteiger charge is 2.47. The molecule has 0 atom stereocenters. The van der Waals surface area contributed by atoms with Crippen molar-refractivity contribution in [3.63, 3.8) is 0 Å². The lowest BCUT2D eigenvalue weighted by Gasteiger charge is -2.27. The van der Waals surface area contributed by atoms with Gasteiger partial charge in [0.15, 0.2) is 0 Å². The second kappa shape index (κ2) is 14.3. The van der Waals surface area contributed by atoms with Gasteiger partial charge in [-0.2, -0.15) is 0 Å². The second-order valence-electron chi connectivity index (χ2n) is 9.29. The molecule has 0 aliphatic heterocycles. The number of guanidine groups is 4. The first-order valence-corrected chi connectivity index (χ1v) is 12.2. The van der Waals surface area contributed by atoms with Crippen molar-refractivity contribution in [3.8, 4) is 0 Å². The Bertz CT molecular complexity index is 574. The lowest BCUT2D eigenvalue weighted by molar-refractivity contribution is -0.00000806. The summed E-state index contributed by atoms with van der Waals surface area (Å²) in [6, 6.07) is 0. The quantitative estimate of drug-likeness (QED) is 0.229. The molecule has 0 heterocycles. The molecule has 0 fully saturated rings. The Balaban J connectivity index is 0. The summed E-state index contributed by atoms with van der Waals surface area (Å²) in [6.07, 6.45) is 0. The Morgan fingerprint density at radius 2 is 0.441 bits per heavy atom. The fourth-order valence-electron chi connectivity index (χ4n) is 2.93. The molecule has 0 aliphatic rings. The summed E-state index contributed by atoms with van der Waals surface area (Å²) in [6.45, 7) is 0. The van der Waals surface area contributed by atoms with Crippen molar-refractivity contribution in [1.82, 2.24) is 39.2 Å². The van der Waals surface area contributed by atoms with E-state index in [-0.39, 0.29) is 12.4 Å². The minimum absolute atomic E-state index is 0. The zero-order valence-corrected chi connectivity index (χ0v) is 25.8. The van der Waals surface area contributed by atoms with Gasteiger partial charge in [-0.25, -0.2) is 0 Å². The molecular formula is C20H48ClN12P. The van der Waals surface area contributed by atoms with Gasteiger partial charge < -0.3 is 51.6 Å². The fourth-order valence-corrected chi connectivity index (χ4v) is 5.59. The fraction of sp³-hybridized carbons (Fsp3) is 0.800. The Hall–Kier alpha value is -2.20. The number of nitrogens with zero attached hydrogens (tertiary/aromatic N) is 12. The predicted octanol–water partition coefficient (Wildman–Crippen LogP) is -2.42. The molecule has 0 unspecified atom stereocenters. The SMILES string of the molecule is CN(C)C(=N[P+](N=C(N(C)C)N(C)C)(N=C(N(C)C)N(C)C)N=C(N(C)C)N(C)C)N(C)C.[Cl-]. The van der Waals surface area contributed by atoms with E-state index in [9.17, 15) is 0 Å². The van der Waals surface area contributed by atoms with E-state index in [1.807, 2.05) is 152 Å². The average molecular weight is 523 g/mol. The minimum Gasteiger partial charge on any atom is -1.00 e. The normalized spacial score (nSPS) is 10.1. The van der Waals surface area contributed by atoms with Crippen molar-refractivity contribution < 1.29 is 12.4 Å². The molecule has 0 bridgehead atoms. The van der Waals surface area contributed by atoms with Crippen LogP contribution in [0.2, 0.25) is 0 Å². The summed E-state index contributed by atoms with van der Waals surface area (Å²) in [5, 5.41) is 0. The lowest BCUT2D eigenvalue weighted by atomic mass is 10.7. The molecule has 12 nitrogen and oxygen atoms in total. The van der Waals surface area contributed by atoms with Gasteiger partial charge in [0.25, 0.3) is 0 Å². The van der Waals surface area contributed by atoms with E-state index in [1.165, 1.54) is 0 Å². The smallest absolute Gasteiger partial charge is 0.507 e. The van der Waals surface area contributed by atoms with E-state index in [1.54, 1.807) is 0 Å². The van der Waals surface area contributed by atoms with Gasteiger partial charge in [0, 0.05) is 113 Å². The Morgan fingerprint density at radius 1 is 0.324 bits per heavy atom. The summed E-state index contributed by atoms with van der Waals surface area (Å²) >= 11 is 0. The van der Waals surface area contributed by atoms with E-state index in [2.05, 4.69) is 0 Å². The van der Waals surface area contributed by atoms with Crippen LogP contribution < -0.4 is 12.4 Å². The maximum Gasteiger partial charge on any atom is 0.507 e. The highest BCUT2D eigenvalue weighted by molar-refractivity contribution is 7.71. The molecule has 0 aromatic carbocycles. The van der Waals surface area contributed by atoms with Crippen LogP contribution in [0.1, 0.15) is 0 Å². The number of halogens is 1. The standard InChI is InChI=1S/C20H48N12P.ClH/c1-25(2)17(26(3)4)21-33(22-18(27(5)6)28(7)8,23-19(29(9)10)30(11)12)24-20(31(13)14)32(15)16;/h1-16H3;1H/q+1;/p-1. The molecule has 14 heteroatoms. The summed E-state index contributed by atoms with van der Waals surface area (Å²) in [5.41, 5.74) is 0. The van der Waals surface area contributed by atoms with E-state index in [0.717, 1.165) is 23.8 Å². The predicted molar refractivity (Wildman–Crippen MR) is 146 cm³/mol. The van der Waals surface area contributed by atoms with Crippen LogP contribution in [0.15, 0.2) is 19.1 Å². The number of hydrogen-bond donors (Lipinski definition) is 0. The van der Waals surface area contributed by atoms with Crippen LogP contribution in [0, 0.1) is 0 Å². The molecule has 200 valence electrons. The Morgan fingerprint density at radius 3 is 0.529 bits per heavy atom. The van der Waals surface area contributed by atoms with Gasteiger partial charge in [-0.05, 0) is 19.1 Å². The van der Waals surface area contributed by atoms with Gasteiger partial charge in [0.2, 0.25) is 23.8 Å². The maximum absolute atomic E-state index is 5.18. The molecule has 0 aliphatic carbocycles. The highest BCUT2D eigenvalue weighted by atomic mass is 35.5. The molecule has 34 heavy (non-hydrogen) atoms. The second-order valence-corrected chi connectivity index (χ2v) is 11.2. The average Bonchev–Trinajstić information content (AvgIpc) is 2.64. The molecule has 0 saturated heterocycles. The monoisotopic (exact) mass is 522 g/mol. The zero-order valence-electron chi connectivity index (χ0n) is 24.2. The van der Waals surface area contributed by atoms with E-state index >= 15 is 0 Å². The van der Waals surface area contributed by atoms with E-state index < -0.39 is 7.87 Å². The van der Waals surface area contributed by atoms with Gasteiger partial charge in [-0.3, -0.25) is 0 Å². The molecule has 0 rings (SSSR count). The Kier molecular flexibility index (Phi) is 14.2. The van der Waals surface area contributed by atoms with E-state index in [4.69, 9.17) is 19.1 Å². The van der Waals surface area contributed by atoms with Gasteiger partial charge in [-0.1, -0.05) is 0 Å². The van der Waals surface area contributed by atoms with Crippen LogP contribution in [0.3, 0.4) is 0 Å². The molecule has 0 amide bonds. The summed E-state index contributed by atoms with van der Waals surface area (Å²) < 4.78 is 20.7.